The van der Waals surface area contributed by atoms with Crippen LogP contribution in [0.25, 0.3) is 0 Å². The molecular formula is C2H8KNO5S. The Labute approximate surface area is 102 Å². The van der Waals surface area contributed by atoms with Crippen LogP contribution < -0.4 is 57.1 Å². The molecule has 0 aromatic rings. The predicted octanol–water partition coefficient (Wildman–Crippen LogP) is -4.71. The summed E-state index contributed by atoms with van der Waals surface area (Å²) in [5.74, 6) is 0. The van der Waals surface area contributed by atoms with Crippen molar-refractivity contribution in [2.45, 2.75) is 13.2 Å². The number of rotatable bonds is 0. The van der Waals surface area contributed by atoms with Crippen LogP contribution in [-0.4, -0.2) is 28.9 Å². The van der Waals surface area contributed by atoms with E-state index in [1.165, 1.54) is 6.92 Å². The van der Waals surface area contributed by atoms with Gasteiger partial charge in [-0.1, -0.05) is 0 Å². The van der Waals surface area contributed by atoms with Gasteiger partial charge < -0.3 is 15.4 Å². The number of nitrogens with two attached hydrogens (primary N) is 1. The molecule has 0 aromatic heterocycles. The number of hydrogen-bond acceptors (Lipinski definition) is 5. The van der Waals surface area contributed by atoms with E-state index in [1.807, 2.05) is 0 Å². The topological polar surface area (TPSA) is 124 Å². The predicted molar refractivity (Wildman–Crippen MR) is 28.2 cm³/mol. The molecule has 0 rings (SSSR count). The van der Waals surface area contributed by atoms with Crippen molar-refractivity contribution in [3.63, 3.8) is 0 Å². The van der Waals surface area contributed by atoms with Crippen LogP contribution in [0.5, 0.6) is 0 Å². The SMILES string of the molecule is CC(N)O.O=S(=O)([O-])O.[K+]. The molecule has 1 atom stereocenters. The molecule has 10 heavy (non-hydrogen) atoms. The van der Waals surface area contributed by atoms with Crippen LogP contribution in [0.1, 0.15) is 6.92 Å². The van der Waals surface area contributed by atoms with E-state index in [0.29, 0.717) is 0 Å². The average molecular weight is 197 g/mol. The normalized spacial score (nSPS) is 12.1. The molecule has 0 spiro atoms. The molecule has 0 bridgehead atoms. The van der Waals surface area contributed by atoms with Crippen molar-refractivity contribution in [2.75, 3.05) is 0 Å². The second kappa shape index (κ2) is 8.52. The molecule has 58 valence electrons. The minimum absolute atomic E-state index is 0. The Morgan fingerprint density at radius 2 is 1.60 bits per heavy atom. The van der Waals surface area contributed by atoms with Gasteiger partial charge in [0.25, 0.3) is 0 Å². The second-order valence-corrected chi connectivity index (χ2v) is 2.02. The van der Waals surface area contributed by atoms with Crippen LogP contribution in [0.2, 0.25) is 0 Å². The van der Waals surface area contributed by atoms with Gasteiger partial charge in [-0.3, -0.25) is 4.55 Å². The molecule has 0 radical (unpaired) electrons. The van der Waals surface area contributed by atoms with Crippen molar-refractivity contribution in [1.82, 2.24) is 0 Å². The largest absolute Gasteiger partial charge is 1.00 e. The Balaban J connectivity index is -0.0000000910. The quantitative estimate of drug-likeness (QED) is 0.155. The summed E-state index contributed by atoms with van der Waals surface area (Å²) in [6, 6.07) is 0. The minimum atomic E-state index is -4.92. The molecule has 0 heterocycles. The molecule has 0 aliphatic rings. The summed E-state index contributed by atoms with van der Waals surface area (Å²) in [7, 11) is -4.92. The zero-order valence-corrected chi connectivity index (χ0v) is 9.62. The Morgan fingerprint density at radius 3 is 1.60 bits per heavy atom. The van der Waals surface area contributed by atoms with Crippen molar-refractivity contribution < 1.29 is 74.0 Å². The summed E-state index contributed by atoms with van der Waals surface area (Å²) in [5, 5.41) is 7.83. The first-order chi connectivity index (χ1) is 3.73. The van der Waals surface area contributed by atoms with E-state index >= 15 is 0 Å². The first-order valence-electron chi connectivity index (χ1n) is 1.85. The molecule has 0 fully saturated rings. The van der Waals surface area contributed by atoms with Gasteiger partial charge in [0.05, 0.1) is 6.23 Å². The number of aliphatic hydroxyl groups excluding tert-OH is 1. The monoisotopic (exact) mass is 197 g/mol. The number of aliphatic hydroxyl groups is 1. The molecule has 0 saturated heterocycles. The van der Waals surface area contributed by atoms with Gasteiger partial charge in [0, 0.05) is 0 Å². The van der Waals surface area contributed by atoms with Gasteiger partial charge >= 0.3 is 51.4 Å². The zero-order valence-electron chi connectivity index (χ0n) is 5.68. The Morgan fingerprint density at radius 1 is 1.60 bits per heavy atom. The standard InChI is InChI=1S/C2H7NO.K.H2O4S/c1-2(3)4;;1-5(2,3)4/h2,4H,3H2,1H3;;(H2,1,2,3,4)/q;+1;/p-1. The second-order valence-electron chi connectivity index (χ2n) is 1.17. The van der Waals surface area contributed by atoms with Gasteiger partial charge in [-0.2, -0.15) is 0 Å². The van der Waals surface area contributed by atoms with Crippen molar-refractivity contribution in [1.29, 1.82) is 0 Å². The Kier molecular flexibility index (Phi) is 14.9. The van der Waals surface area contributed by atoms with E-state index in [9.17, 15) is 0 Å². The third kappa shape index (κ3) is 329. The summed E-state index contributed by atoms with van der Waals surface area (Å²) in [4.78, 5) is 0. The van der Waals surface area contributed by atoms with Gasteiger partial charge in [0.15, 0.2) is 0 Å². The zero-order chi connectivity index (χ0) is 8.08. The van der Waals surface area contributed by atoms with E-state index in [1.54, 1.807) is 0 Å². The maximum Gasteiger partial charge on any atom is 1.00 e. The average Bonchev–Trinajstić information content (AvgIpc) is 1.19. The van der Waals surface area contributed by atoms with E-state index in [4.69, 9.17) is 22.6 Å². The number of hydrogen-bond donors (Lipinski definition) is 3. The molecule has 0 amide bonds. The summed E-state index contributed by atoms with van der Waals surface area (Å²) in [6.07, 6.45) is -0.667. The summed E-state index contributed by atoms with van der Waals surface area (Å²) in [5.41, 5.74) is 4.67. The van der Waals surface area contributed by atoms with E-state index in [0.717, 1.165) is 0 Å². The van der Waals surface area contributed by atoms with Gasteiger partial charge in [-0.25, -0.2) is 8.42 Å². The van der Waals surface area contributed by atoms with E-state index in [-0.39, 0.29) is 51.4 Å². The maximum atomic E-state index is 8.63. The van der Waals surface area contributed by atoms with Crippen LogP contribution in [0.15, 0.2) is 0 Å². The van der Waals surface area contributed by atoms with Gasteiger partial charge in [0.2, 0.25) is 10.4 Å². The van der Waals surface area contributed by atoms with Crippen LogP contribution in [-0.2, 0) is 10.4 Å². The molecule has 0 aliphatic heterocycles. The molecule has 1 unspecified atom stereocenters. The summed E-state index contributed by atoms with van der Waals surface area (Å²) in [6.45, 7) is 1.50. The molecule has 8 heteroatoms. The first kappa shape index (κ1) is 17.5. The van der Waals surface area contributed by atoms with Crippen LogP contribution in [0.4, 0.5) is 0 Å². The third-order valence-corrected chi connectivity index (χ3v) is 0. The van der Waals surface area contributed by atoms with Crippen molar-refractivity contribution in [2.24, 2.45) is 5.73 Å². The molecule has 0 aliphatic carbocycles. The summed E-state index contributed by atoms with van der Waals surface area (Å²) < 4.78 is 32.8. The van der Waals surface area contributed by atoms with Gasteiger partial charge in [0.1, 0.15) is 0 Å². The van der Waals surface area contributed by atoms with Crippen molar-refractivity contribution in [3.05, 3.63) is 0 Å². The smallest absolute Gasteiger partial charge is 0.726 e. The Bertz CT molecular complexity index is 131. The molecule has 4 N–H and O–H groups in total. The molecule has 0 saturated carbocycles. The van der Waals surface area contributed by atoms with Gasteiger partial charge in [-0.15, -0.1) is 0 Å². The Hall–Kier alpha value is 1.43. The maximum absolute atomic E-state index is 8.63. The third-order valence-electron chi connectivity index (χ3n) is 0. The molecule has 6 nitrogen and oxygen atoms in total. The van der Waals surface area contributed by atoms with Crippen molar-refractivity contribution >= 4 is 10.4 Å². The fourth-order valence-electron chi connectivity index (χ4n) is 0. The van der Waals surface area contributed by atoms with Crippen LogP contribution >= 0.6 is 0 Å². The van der Waals surface area contributed by atoms with Gasteiger partial charge in [-0.05, 0) is 6.92 Å². The minimum Gasteiger partial charge on any atom is -0.726 e. The van der Waals surface area contributed by atoms with Crippen molar-refractivity contribution in [3.8, 4) is 0 Å². The first-order valence-corrected chi connectivity index (χ1v) is 3.22. The van der Waals surface area contributed by atoms with E-state index in [2.05, 4.69) is 5.73 Å². The fourth-order valence-corrected chi connectivity index (χ4v) is 0. The van der Waals surface area contributed by atoms with E-state index < -0.39 is 16.6 Å². The molecule has 0 aromatic carbocycles. The summed E-state index contributed by atoms with van der Waals surface area (Å²) >= 11 is 0. The molecular weight excluding hydrogens is 189 g/mol. The van der Waals surface area contributed by atoms with Crippen LogP contribution in [0.3, 0.4) is 0 Å². The fraction of sp³-hybridized carbons (Fsp3) is 1.00. The van der Waals surface area contributed by atoms with Crippen LogP contribution in [0, 0.1) is 0 Å².